The van der Waals surface area contributed by atoms with Crippen LogP contribution in [0.1, 0.15) is 12.5 Å². The second-order valence-electron chi connectivity index (χ2n) is 4.70. The molecule has 1 atom stereocenters. The molecule has 0 radical (unpaired) electrons. The molecule has 2 N–H and O–H groups in total. The zero-order chi connectivity index (χ0) is 14.4. The third-order valence-corrected chi connectivity index (χ3v) is 3.87. The van der Waals surface area contributed by atoms with E-state index in [1.165, 1.54) is 16.3 Å². The van der Waals surface area contributed by atoms with Crippen molar-refractivity contribution in [1.82, 2.24) is 0 Å². The molecule has 106 valence electrons. The van der Waals surface area contributed by atoms with Gasteiger partial charge in [-0.15, -0.1) is 0 Å². The molecule has 3 nitrogen and oxygen atoms in total. The zero-order valence-corrected chi connectivity index (χ0v) is 12.7. The molecule has 0 aromatic heterocycles. The Kier molecular flexibility index (Phi) is 5.44. The molecule has 2 aromatic rings. The highest BCUT2D eigenvalue weighted by Crippen LogP contribution is 2.22. The SMILES string of the molecule is COC[C@H](C)N=C(N)SCc1cccc2ccccc12. The smallest absolute Gasteiger partial charge is 0.154 e. The summed E-state index contributed by atoms with van der Waals surface area (Å²) in [6.45, 7) is 2.59. The standard InChI is InChI=1S/C16H20N2OS/c1-12(10-19-2)18-16(17)20-11-14-8-5-7-13-6-3-4-9-15(13)14/h3-9,12H,10-11H2,1-2H3,(H2,17,18)/t12-/m0/s1. The molecule has 4 heteroatoms. The zero-order valence-electron chi connectivity index (χ0n) is 11.9. The van der Waals surface area contributed by atoms with Gasteiger partial charge in [-0.05, 0) is 23.3 Å². The molecule has 0 spiro atoms. The van der Waals surface area contributed by atoms with Crippen molar-refractivity contribution in [3.8, 4) is 0 Å². The van der Waals surface area contributed by atoms with Crippen molar-refractivity contribution in [1.29, 1.82) is 0 Å². The van der Waals surface area contributed by atoms with Crippen LogP contribution in [0.15, 0.2) is 47.5 Å². The van der Waals surface area contributed by atoms with Gasteiger partial charge in [0.15, 0.2) is 5.17 Å². The summed E-state index contributed by atoms with van der Waals surface area (Å²) in [6, 6.07) is 14.8. The molecule has 0 bridgehead atoms. The minimum atomic E-state index is 0.0972. The number of thioether (sulfide) groups is 1. The van der Waals surface area contributed by atoms with Crippen LogP contribution in [-0.2, 0) is 10.5 Å². The molecule has 0 aliphatic carbocycles. The number of methoxy groups -OCH3 is 1. The number of hydrogen-bond donors (Lipinski definition) is 1. The number of amidine groups is 1. The van der Waals surface area contributed by atoms with Crippen LogP contribution in [0.5, 0.6) is 0 Å². The van der Waals surface area contributed by atoms with Gasteiger partial charge in [-0.1, -0.05) is 54.2 Å². The Morgan fingerprint density at radius 1 is 1.25 bits per heavy atom. The summed E-state index contributed by atoms with van der Waals surface area (Å²) in [6.07, 6.45) is 0. The average Bonchev–Trinajstić information content (AvgIpc) is 2.45. The van der Waals surface area contributed by atoms with E-state index in [0.717, 1.165) is 5.75 Å². The fraction of sp³-hybridized carbons (Fsp3) is 0.312. The number of fused-ring (bicyclic) bond motifs is 1. The summed E-state index contributed by atoms with van der Waals surface area (Å²) in [5, 5.41) is 3.15. The minimum absolute atomic E-state index is 0.0972. The lowest BCUT2D eigenvalue weighted by atomic mass is 10.1. The largest absolute Gasteiger partial charge is 0.382 e. The molecule has 0 fully saturated rings. The van der Waals surface area contributed by atoms with Crippen LogP contribution in [0.3, 0.4) is 0 Å². The first-order valence-corrected chi connectivity index (χ1v) is 7.61. The van der Waals surface area contributed by atoms with Gasteiger partial charge in [0.1, 0.15) is 0 Å². The lowest BCUT2D eigenvalue weighted by molar-refractivity contribution is 0.186. The van der Waals surface area contributed by atoms with Gasteiger partial charge in [0.25, 0.3) is 0 Å². The summed E-state index contributed by atoms with van der Waals surface area (Å²) in [7, 11) is 1.67. The van der Waals surface area contributed by atoms with E-state index >= 15 is 0 Å². The Morgan fingerprint density at radius 3 is 2.80 bits per heavy atom. The molecule has 0 heterocycles. The Morgan fingerprint density at radius 2 is 2.00 bits per heavy atom. The molecule has 0 saturated heterocycles. The maximum absolute atomic E-state index is 5.95. The first kappa shape index (κ1) is 14.9. The van der Waals surface area contributed by atoms with Crippen molar-refractivity contribution in [2.45, 2.75) is 18.7 Å². The van der Waals surface area contributed by atoms with E-state index in [9.17, 15) is 0 Å². The highest BCUT2D eigenvalue weighted by Gasteiger charge is 2.04. The van der Waals surface area contributed by atoms with Gasteiger partial charge in [0.05, 0.1) is 12.6 Å². The van der Waals surface area contributed by atoms with Crippen molar-refractivity contribution in [2.75, 3.05) is 13.7 Å². The predicted octanol–water partition coefficient (Wildman–Crippen LogP) is 3.42. The van der Waals surface area contributed by atoms with E-state index < -0.39 is 0 Å². The van der Waals surface area contributed by atoms with Crippen molar-refractivity contribution < 1.29 is 4.74 Å². The molecule has 0 amide bonds. The van der Waals surface area contributed by atoms with Crippen LogP contribution in [0.4, 0.5) is 0 Å². The number of benzene rings is 2. The molecule has 2 rings (SSSR count). The van der Waals surface area contributed by atoms with E-state index in [2.05, 4.69) is 47.5 Å². The van der Waals surface area contributed by atoms with Gasteiger partial charge in [0.2, 0.25) is 0 Å². The monoisotopic (exact) mass is 288 g/mol. The number of hydrogen-bond acceptors (Lipinski definition) is 3. The van der Waals surface area contributed by atoms with E-state index in [4.69, 9.17) is 10.5 Å². The van der Waals surface area contributed by atoms with E-state index in [0.29, 0.717) is 11.8 Å². The Labute approximate surface area is 124 Å². The Balaban J connectivity index is 2.06. The lowest BCUT2D eigenvalue weighted by Crippen LogP contribution is -2.15. The first-order valence-electron chi connectivity index (χ1n) is 6.62. The third-order valence-electron chi connectivity index (χ3n) is 3.01. The highest BCUT2D eigenvalue weighted by atomic mass is 32.2. The van der Waals surface area contributed by atoms with Crippen LogP contribution < -0.4 is 5.73 Å². The summed E-state index contributed by atoms with van der Waals surface area (Å²) in [4.78, 5) is 4.39. The third kappa shape index (κ3) is 3.99. The van der Waals surface area contributed by atoms with Gasteiger partial charge in [-0.2, -0.15) is 0 Å². The minimum Gasteiger partial charge on any atom is -0.382 e. The number of rotatable bonds is 5. The molecule has 2 aromatic carbocycles. The van der Waals surface area contributed by atoms with E-state index in [-0.39, 0.29) is 6.04 Å². The first-order chi connectivity index (χ1) is 9.70. The molecule has 0 aliphatic heterocycles. The lowest BCUT2D eigenvalue weighted by Gasteiger charge is -2.08. The molecule has 0 saturated carbocycles. The van der Waals surface area contributed by atoms with Crippen LogP contribution in [0.2, 0.25) is 0 Å². The van der Waals surface area contributed by atoms with Gasteiger partial charge >= 0.3 is 0 Å². The summed E-state index contributed by atoms with van der Waals surface area (Å²) in [5.41, 5.74) is 7.24. The molecule has 0 unspecified atom stereocenters. The summed E-state index contributed by atoms with van der Waals surface area (Å²) < 4.78 is 5.05. The topological polar surface area (TPSA) is 47.6 Å². The van der Waals surface area contributed by atoms with Crippen LogP contribution in [0, 0.1) is 0 Å². The average molecular weight is 288 g/mol. The van der Waals surface area contributed by atoms with Crippen molar-refractivity contribution in [3.63, 3.8) is 0 Å². The van der Waals surface area contributed by atoms with Crippen molar-refractivity contribution >= 4 is 27.7 Å². The van der Waals surface area contributed by atoms with Crippen molar-refractivity contribution in [2.24, 2.45) is 10.7 Å². The number of nitrogens with zero attached hydrogens (tertiary/aromatic N) is 1. The molecule has 0 aliphatic rings. The normalized spacial score (nSPS) is 13.6. The fourth-order valence-electron chi connectivity index (χ4n) is 2.10. The predicted molar refractivity (Wildman–Crippen MR) is 88.2 cm³/mol. The molecule has 20 heavy (non-hydrogen) atoms. The van der Waals surface area contributed by atoms with E-state index in [1.54, 1.807) is 18.9 Å². The highest BCUT2D eigenvalue weighted by molar-refractivity contribution is 8.13. The van der Waals surface area contributed by atoms with Crippen LogP contribution in [0.25, 0.3) is 10.8 Å². The Bertz CT molecular complexity index is 593. The molecular weight excluding hydrogens is 268 g/mol. The van der Waals surface area contributed by atoms with Gasteiger partial charge < -0.3 is 10.5 Å². The second-order valence-corrected chi connectivity index (χ2v) is 5.69. The number of aliphatic imine (C=N–C) groups is 1. The fourth-order valence-corrected chi connectivity index (χ4v) is 2.91. The quantitative estimate of drug-likeness (QED) is 0.677. The Hall–Kier alpha value is -1.52. The number of nitrogens with two attached hydrogens (primary N) is 1. The van der Waals surface area contributed by atoms with Gasteiger partial charge in [0, 0.05) is 12.9 Å². The second kappa shape index (κ2) is 7.31. The van der Waals surface area contributed by atoms with E-state index in [1.807, 2.05) is 6.92 Å². The van der Waals surface area contributed by atoms with Crippen LogP contribution >= 0.6 is 11.8 Å². The number of ether oxygens (including phenoxy) is 1. The van der Waals surface area contributed by atoms with Gasteiger partial charge in [-0.25, -0.2) is 0 Å². The van der Waals surface area contributed by atoms with Crippen LogP contribution in [-0.4, -0.2) is 24.9 Å². The summed E-state index contributed by atoms with van der Waals surface area (Å²) in [5.74, 6) is 0.830. The van der Waals surface area contributed by atoms with Gasteiger partial charge in [-0.3, -0.25) is 4.99 Å². The summed E-state index contributed by atoms with van der Waals surface area (Å²) >= 11 is 1.57. The maximum atomic E-state index is 5.95. The maximum Gasteiger partial charge on any atom is 0.154 e. The molecular formula is C16H20N2OS. The van der Waals surface area contributed by atoms with Crippen molar-refractivity contribution in [3.05, 3.63) is 48.0 Å².